The summed E-state index contributed by atoms with van der Waals surface area (Å²) in [5.74, 6) is -4.66. The van der Waals surface area contributed by atoms with Crippen molar-refractivity contribution in [2.24, 2.45) is 5.73 Å². The van der Waals surface area contributed by atoms with Gasteiger partial charge >= 0.3 is 11.9 Å². The average Bonchev–Trinajstić information content (AvgIpc) is 2.33. The van der Waals surface area contributed by atoms with Crippen LogP contribution >= 0.6 is 0 Å². The number of aliphatic hydroxyl groups excluding tert-OH is 1. The number of carboxylic acid groups (broad SMARTS) is 2. The van der Waals surface area contributed by atoms with Crippen LogP contribution in [0.5, 0.6) is 0 Å². The van der Waals surface area contributed by atoms with Gasteiger partial charge in [-0.05, 0) is 0 Å². The van der Waals surface area contributed by atoms with Crippen molar-refractivity contribution in [1.29, 1.82) is 0 Å². The highest BCUT2D eigenvalue weighted by atomic mass is 16.4. The first kappa shape index (κ1) is 16.8. The number of carboxylic acids is 2. The van der Waals surface area contributed by atoms with Gasteiger partial charge in [0.15, 0.2) is 0 Å². The van der Waals surface area contributed by atoms with Crippen LogP contribution in [0.2, 0.25) is 0 Å². The Morgan fingerprint density at radius 3 is 2.00 bits per heavy atom. The molecular formula is C9H15N3O7. The number of carbonyl (C=O) groups is 4. The van der Waals surface area contributed by atoms with Crippen LogP contribution in [0, 0.1) is 0 Å². The molecule has 0 aromatic carbocycles. The second-order valence-electron chi connectivity index (χ2n) is 3.50. The molecule has 0 aliphatic rings. The maximum atomic E-state index is 11.6. The molecule has 10 nitrogen and oxygen atoms in total. The quantitative estimate of drug-likeness (QED) is 0.264. The molecule has 0 saturated heterocycles. The van der Waals surface area contributed by atoms with E-state index in [4.69, 9.17) is 21.1 Å². The number of aliphatic hydroxyl groups is 1. The minimum absolute atomic E-state index is 0.453. The van der Waals surface area contributed by atoms with E-state index in [1.807, 2.05) is 10.6 Å². The van der Waals surface area contributed by atoms with Crippen LogP contribution in [0.25, 0.3) is 0 Å². The van der Waals surface area contributed by atoms with Gasteiger partial charge in [-0.2, -0.15) is 0 Å². The lowest BCUT2D eigenvalue weighted by molar-refractivity contribution is -0.144. The van der Waals surface area contributed by atoms with Gasteiger partial charge in [0, 0.05) is 0 Å². The van der Waals surface area contributed by atoms with Crippen molar-refractivity contribution in [3.8, 4) is 0 Å². The Balaban J connectivity index is 4.74. The van der Waals surface area contributed by atoms with E-state index in [-0.39, 0.29) is 0 Å². The molecule has 0 aliphatic carbocycles. The Labute approximate surface area is 107 Å². The maximum Gasteiger partial charge on any atom is 0.328 e. The Hall–Kier alpha value is -2.20. The summed E-state index contributed by atoms with van der Waals surface area (Å²) in [5.41, 5.74) is 5.00. The fourth-order valence-corrected chi connectivity index (χ4v) is 1.09. The van der Waals surface area contributed by atoms with Crippen LogP contribution in [0.4, 0.5) is 0 Å². The SMILES string of the molecule is NCC(=O)NC(CC(=O)O)C(=O)NC(CO)C(=O)O. The van der Waals surface area contributed by atoms with Gasteiger partial charge < -0.3 is 31.7 Å². The van der Waals surface area contributed by atoms with Crippen LogP contribution in [-0.4, -0.2) is 64.3 Å². The zero-order valence-electron chi connectivity index (χ0n) is 9.83. The van der Waals surface area contributed by atoms with E-state index in [1.165, 1.54) is 0 Å². The van der Waals surface area contributed by atoms with Gasteiger partial charge in [-0.1, -0.05) is 0 Å². The largest absolute Gasteiger partial charge is 0.481 e. The van der Waals surface area contributed by atoms with Crippen LogP contribution in [0.3, 0.4) is 0 Å². The fourth-order valence-electron chi connectivity index (χ4n) is 1.09. The number of hydrogen-bond acceptors (Lipinski definition) is 6. The van der Waals surface area contributed by atoms with E-state index >= 15 is 0 Å². The Morgan fingerprint density at radius 1 is 1.05 bits per heavy atom. The van der Waals surface area contributed by atoms with Gasteiger partial charge in [0.25, 0.3) is 0 Å². The number of amides is 2. The van der Waals surface area contributed by atoms with E-state index in [1.54, 1.807) is 0 Å². The smallest absolute Gasteiger partial charge is 0.328 e. The highest BCUT2D eigenvalue weighted by molar-refractivity contribution is 5.93. The zero-order valence-corrected chi connectivity index (χ0v) is 9.83. The first-order valence-corrected chi connectivity index (χ1v) is 5.17. The molecule has 0 radical (unpaired) electrons. The van der Waals surface area contributed by atoms with Crippen LogP contribution in [0.15, 0.2) is 0 Å². The lowest BCUT2D eigenvalue weighted by Gasteiger charge is -2.18. The van der Waals surface area contributed by atoms with E-state index < -0.39 is 55.4 Å². The minimum atomic E-state index is -1.58. The van der Waals surface area contributed by atoms with Crippen LogP contribution in [-0.2, 0) is 19.2 Å². The lowest BCUT2D eigenvalue weighted by atomic mass is 10.1. The van der Waals surface area contributed by atoms with E-state index in [0.717, 1.165) is 0 Å². The molecule has 19 heavy (non-hydrogen) atoms. The van der Waals surface area contributed by atoms with E-state index in [0.29, 0.717) is 0 Å². The Kier molecular flexibility index (Phi) is 7.07. The van der Waals surface area contributed by atoms with E-state index in [9.17, 15) is 19.2 Å². The fraction of sp³-hybridized carbons (Fsp3) is 0.556. The highest BCUT2D eigenvalue weighted by Crippen LogP contribution is 1.95. The van der Waals surface area contributed by atoms with Crippen molar-refractivity contribution in [3.05, 3.63) is 0 Å². The second-order valence-corrected chi connectivity index (χ2v) is 3.50. The number of rotatable bonds is 8. The molecule has 2 amide bonds. The summed E-state index contributed by atoms with van der Waals surface area (Å²) < 4.78 is 0. The standard InChI is InChI=1S/C9H15N3O7/c10-2-6(14)11-4(1-7(15)16)8(17)12-5(3-13)9(18)19/h4-5,13H,1-3,10H2,(H,11,14)(H,12,17)(H,15,16)(H,18,19). The molecule has 2 atom stereocenters. The minimum Gasteiger partial charge on any atom is -0.481 e. The number of nitrogens with one attached hydrogen (secondary N) is 2. The average molecular weight is 277 g/mol. The molecule has 2 unspecified atom stereocenters. The number of nitrogens with two attached hydrogens (primary N) is 1. The van der Waals surface area contributed by atoms with Gasteiger partial charge in [-0.15, -0.1) is 0 Å². The monoisotopic (exact) mass is 277 g/mol. The third kappa shape index (κ3) is 6.33. The molecule has 0 heterocycles. The van der Waals surface area contributed by atoms with Crippen molar-refractivity contribution < 1.29 is 34.5 Å². The predicted octanol–water partition coefficient (Wildman–Crippen LogP) is -3.53. The Morgan fingerprint density at radius 2 is 1.63 bits per heavy atom. The summed E-state index contributed by atoms with van der Waals surface area (Å²) in [5, 5.41) is 29.9. The van der Waals surface area contributed by atoms with Gasteiger partial charge in [0.05, 0.1) is 19.6 Å². The molecule has 0 saturated carbocycles. The van der Waals surface area contributed by atoms with Crippen molar-refractivity contribution in [1.82, 2.24) is 10.6 Å². The molecule has 0 aliphatic heterocycles. The summed E-state index contributed by atoms with van der Waals surface area (Å²) in [7, 11) is 0. The molecule has 0 spiro atoms. The molecule has 108 valence electrons. The van der Waals surface area contributed by atoms with Crippen molar-refractivity contribution in [3.63, 3.8) is 0 Å². The topological polar surface area (TPSA) is 179 Å². The van der Waals surface area contributed by atoms with Crippen molar-refractivity contribution in [2.45, 2.75) is 18.5 Å². The summed E-state index contributed by atoms with van der Waals surface area (Å²) in [6.45, 7) is -1.32. The Bertz CT molecular complexity index is 371. The van der Waals surface area contributed by atoms with Crippen molar-refractivity contribution >= 4 is 23.8 Å². The first-order valence-electron chi connectivity index (χ1n) is 5.17. The van der Waals surface area contributed by atoms with Crippen LogP contribution in [0.1, 0.15) is 6.42 Å². The third-order valence-electron chi connectivity index (χ3n) is 2.01. The molecule has 7 N–H and O–H groups in total. The maximum absolute atomic E-state index is 11.6. The highest BCUT2D eigenvalue weighted by Gasteiger charge is 2.27. The second kappa shape index (κ2) is 8.00. The van der Waals surface area contributed by atoms with E-state index in [2.05, 4.69) is 0 Å². The van der Waals surface area contributed by atoms with Gasteiger partial charge in [-0.25, -0.2) is 4.79 Å². The van der Waals surface area contributed by atoms with Gasteiger partial charge in [0.2, 0.25) is 11.8 Å². The lowest BCUT2D eigenvalue weighted by Crippen LogP contribution is -2.54. The molecule has 0 aromatic heterocycles. The molecule has 0 aromatic rings. The normalized spacial score (nSPS) is 13.2. The zero-order chi connectivity index (χ0) is 15.0. The number of hydrogen-bond donors (Lipinski definition) is 6. The predicted molar refractivity (Wildman–Crippen MR) is 59.9 cm³/mol. The summed E-state index contributed by atoms with van der Waals surface area (Å²) >= 11 is 0. The molecule has 0 bridgehead atoms. The van der Waals surface area contributed by atoms with Crippen molar-refractivity contribution in [2.75, 3.05) is 13.2 Å². The summed E-state index contributed by atoms with van der Waals surface area (Å²) in [6.07, 6.45) is -0.741. The van der Waals surface area contributed by atoms with Gasteiger partial charge in [0.1, 0.15) is 12.1 Å². The van der Waals surface area contributed by atoms with Gasteiger partial charge in [-0.3, -0.25) is 14.4 Å². The summed E-state index contributed by atoms with van der Waals surface area (Å²) in [6, 6.07) is -3.06. The third-order valence-corrected chi connectivity index (χ3v) is 2.01. The van der Waals surface area contributed by atoms with Crippen LogP contribution < -0.4 is 16.4 Å². The molecule has 0 rings (SSSR count). The first-order chi connectivity index (χ1) is 8.81. The summed E-state index contributed by atoms with van der Waals surface area (Å²) in [4.78, 5) is 43.8. The molecule has 0 fully saturated rings. The molecule has 10 heteroatoms. The molecular weight excluding hydrogens is 262 g/mol. The number of carbonyl (C=O) groups excluding carboxylic acids is 2. The number of aliphatic carboxylic acids is 2.